The molecule has 0 atom stereocenters. The number of hydrogen-bond donors (Lipinski definition) is 2. The van der Waals surface area contributed by atoms with Gasteiger partial charge in [-0.05, 0) is 13.8 Å². The molecule has 10 heteroatoms. The average molecular weight is 342 g/mol. The first-order valence-corrected chi connectivity index (χ1v) is 7.31. The third-order valence-electron chi connectivity index (χ3n) is 3.75. The molecule has 2 aromatic heterocycles. The van der Waals surface area contributed by atoms with E-state index in [9.17, 15) is 13.2 Å². The van der Waals surface area contributed by atoms with Crippen molar-refractivity contribution in [1.29, 1.82) is 0 Å². The van der Waals surface area contributed by atoms with Gasteiger partial charge in [-0.25, -0.2) is 4.98 Å². The van der Waals surface area contributed by atoms with Crippen LogP contribution in [0, 0.1) is 0 Å². The Morgan fingerprint density at radius 3 is 2.71 bits per heavy atom. The molecule has 0 aromatic carbocycles. The maximum Gasteiger partial charge on any atom is 0.421 e. The molecule has 2 N–H and O–H groups in total. The summed E-state index contributed by atoms with van der Waals surface area (Å²) in [7, 11) is 1.38. The molecule has 7 nitrogen and oxygen atoms in total. The molecule has 0 unspecified atom stereocenters. The summed E-state index contributed by atoms with van der Waals surface area (Å²) < 4.78 is 46.2. The van der Waals surface area contributed by atoms with Crippen LogP contribution in [0.4, 0.5) is 30.6 Å². The van der Waals surface area contributed by atoms with Crippen LogP contribution in [0.1, 0.15) is 25.1 Å². The molecule has 0 saturated heterocycles. The summed E-state index contributed by atoms with van der Waals surface area (Å²) in [6.45, 7) is 4.95. The molecule has 130 valence electrons. The number of halogens is 3. The molecule has 1 aliphatic rings. The van der Waals surface area contributed by atoms with Crippen molar-refractivity contribution in [3.63, 3.8) is 0 Å². The van der Waals surface area contributed by atoms with Crippen molar-refractivity contribution in [2.75, 3.05) is 24.3 Å². The molecule has 0 fully saturated rings. The quantitative estimate of drug-likeness (QED) is 0.893. The number of fused-ring (bicyclic) bond motifs is 1. The minimum atomic E-state index is -4.52. The van der Waals surface area contributed by atoms with Crippen molar-refractivity contribution in [3.05, 3.63) is 23.7 Å². The highest BCUT2D eigenvalue weighted by Gasteiger charge is 2.36. The Labute approximate surface area is 136 Å². The van der Waals surface area contributed by atoms with Crippen LogP contribution in [-0.4, -0.2) is 33.4 Å². The highest BCUT2D eigenvalue weighted by molar-refractivity contribution is 5.59. The van der Waals surface area contributed by atoms with Gasteiger partial charge in [0, 0.05) is 13.2 Å². The van der Waals surface area contributed by atoms with Crippen LogP contribution in [0.2, 0.25) is 0 Å². The summed E-state index contributed by atoms with van der Waals surface area (Å²) in [6.07, 6.45) is -2.19. The normalized spacial score (nSPS) is 16.6. The van der Waals surface area contributed by atoms with Crippen molar-refractivity contribution >= 4 is 17.5 Å². The van der Waals surface area contributed by atoms with Gasteiger partial charge in [-0.3, -0.25) is 4.68 Å². The van der Waals surface area contributed by atoms with Gasteiger partial charge in [0.25, 0.3) is 0 Å². The number of rotatable bonds is 3. The third kappa shape index (κ3) is 2.88. The smallest absolute Gasteiger partial charge is 0.372 e. The molecule has 2 aromatic rings. The summed E-state index contributed by atoms with van der Waals surface area (Å²) in [4.78, 5) is 7.66. The highest BCUT2D eigenvalue weighted by Crippen LogP contribution is 2.36. The summed E-state index contributed by atoms with van der Waals surface area (Å²) in [5, 5.41) is 9.64. The van der Waals surface area contributed by atoms with Crippen molar-refractivity contribution < 1.29 is 17.9 Å². The number of aromatic nitrogens is 4. The molecule has 0 radical (unpaired) electrons. The lowest BCUT2D eigenvalue weighted by Crippen LogP contribution is -2.33. The monoisotopic (exact) mass is 342 g/mol. The molecule has 3 heterocycles. The van der Waals surface area contributed by atoms with E-state index < -0.39 is 17.3 Å². The Balaban J connectivity index is 1.95. The van der Waals surface area contributed by atoms with E-state index in [1.807, 2.05) is 13.8 Å². The van der Waals surface area contributed by atoms with Crippen molar-refractivity contribution in [3.8, 4) is 0 Å². The lowest BCUT2D eigenvalue weighted by Gasteiger charge is -2.32. The van der Waals surface area contributed by atoms with Crippen LogP contribution in [0.25, 0.3) is 0 Å². The van der Waals surface area contributed by atoms with Gasteiger partial charge in [0.05, 0.1) is 30.7 Å². The Morgan fingerprint density at radius 1 is 1.29 bits per heavy atom. The molecule has 0 bridgehead atoms. The molecule has 0 amide bonds. The summed E-state index contributed by atoms with van der Waals surface area (Å²) in [5.74, 6) is -0.249. The van der Waals surface area contributed by atoms with Gasteiger partial charge in [0.15, 0.2) is 0 Å². The van der Waals surface area contributed by atoms with E-state index in [1.54, 1.807) is 10.9 Å². The Kier molecular flexibility index (Phi) is 3.86. The first kappa shape index (κ1) is 16.5. The van der Waals surface area contributed by atoms with Crippen LogP contribution in [0.15, 0.2) is 12.4 Å². The van der Waals surface area contributed by atoms with E-state index in [4.69, 9.17) is 4.74 Å². The number of hydrogen-bond acceptors (Lipinski definition) is 6. The van der Waals surface area contributed by atoms with Gasteiger partial charge in [-0.2, -0.15) is 23.3 Å². The first-order chi connectivity index (χ1) is 11.2. The Hall–Kier alpha value is -2.36. The van der Waals surface area contributed by atoms with Gasteiger partial charge in [0.2, 0.25) is 5.95 Å². The zero-order valence-corrected chi connectivity index (χ0v) is 13.4. The van der Waals surface area contributed by atoms with E-state index in [1.165, 1.54) is 7.05 Å². The van der Waals surface area contributed by atoms with Crippen LogP contribution >= 0.6 is 0 Å². The molecule has 0 spiro atoms. The number of alkyl halides is 3. The maximum absolute atomic E-state index is 12.9. The van der Waals surface area contributed by atoms with E-state index >= 15 is 0 Å². The summed E-state index contributed by atoms with van der Waals surface area (Å²) >= 11 is 0. The average Bonchev–Trinajstić information content (AvgIpc) is 2.90. The standard InChI is InChI=1S/C14H17F3N6O/c1-13(2)10-9(7-20-23(10)4-5-24-13)21-12-19-6-8(14(15,16)17)11(18-3)22-12/h6-7H,4-5H2,1-3H3,(H2,18,19,21,22). The number of nitrogens with one attached hydrogen (secondary N) is 2. The minimum Gasteiger partial charge on any atom is -0.372 e. The van der Waals surface area contributed by atoms with Gasteiger partial charge in [-0.15, -0.1) is 0 Å². The predicted molar refractivity (Wildman–Crippen MR) is 81.1 cm³/mol. The zero-order valence-electron chi connectivity index (χ0n) is 13.4. The van der Waals surface area contributed by atoms with Crippen molar-refractivity contribution in [2.45, 2.75) is 32.2 Å². The fourth-order valence-electron chi connectivity index (χ4n) is 2.70. The third-order valence-corrected chi connectivity index (χ3v) is 3.75. The number of ether oxygens (including phenoxy) is 1. The molecule has 0 aliphatic carbocycles. The van der Waals surface area contributed by atoms with Crippen LogP contribution in [-0.2, 0) is 23.1 Å². The number of anilines is 3. The van der Waals surface area contributed by atoms with E-state index in [2.05, 4.69) is 25.7 Å². The van der Waals surface area contributed by atoms with E-state index in [0.717, 1.165) is 11.9 Å². The topological polar surface area (TPSA) is 76.9 Å². The molecule has 0 saturated carbocycles. The highest BCUT2D eigenvalue weighted by atomic mass is 19.4. The van der Waals surface area contributed by atoms with Gasteiger partial charge in [-0.1, -0.05) is 0 Å². The first-order valence-electron chi connectivity index (χ1n) is 7.31. The fraction of sp³-hybridized carbons (Fsp3) is 0.500. The van der Waals surface area contributed by atoms with E-state index in [-0.39, 0.29) is 11.8 Å². The fourth-order valence-corrected chi connectivity index (χ4v) is 2.70. The lowest BCUT2D eigenvalue weighted by atomic mass is 10.0. The minimum absolute atomic E-state index is 0.0459. The molecular weight excluding hydrogens is 325 g/mol. The summed E-state index contributed by atoms with van der Waals surface area (Å²) in [5.41, 5.74) is -0.101. The lowest BCUT2D eigenvalue weighted by molar-refractivity contribution is -0.137. The second-order valence-electron chi connectivity index (χ2n) is 5.82. The van der Waals surface area contributed by atoms with Crippen molar-refractivity contribution in [2.24, 2.45) is 0 Å². The molecule has 3 rings (SSSR count). The van der Waals surface area contributed by atoms with Gasteiger partial charge < -0.3 is 15.4 Å². The molecule has 1 aliphatic heterocycles. The van der Waals surface area contributed by atoms with Crippen LogP contribution in [0.3, 0.4) is 0 Å². The Morgan fingerprint density at radius 2 is 2.04 bits per heavy atom. The second kappa shape index (κ2) is 5.62. The second-order valence-corrected chi connectivity index (χ2v) is 5.82. The SMILES string of the molecule is CNc1nc(Nc2cnn3c2C(C)(C)OCC3)ncc1C(F)(F)F. The van der Waals surface area contributed by atoms with Crippen molar-refractivity contribution in [1.82, 2.24) is 19.7 Å². The largest absolute Gasteiger partial charge is 0.421 e. The van der Waals surface area contributed by atoms with Gasteiger partial charge >= 0.3 is 6.18 Å². The number of nitrogens with zero attached hydrogens (tertiary/aromatic N) is 4. The zero-order chi connectivity index (χ0) is 17.5. The molecule has 24 heavy (non-hydrogen) atoms. The maximum atomic E-state index is 12.9. The van der Waals surface area contributed by atoms with Crippen LogP contribution in [0.5, 0.6) is 0 Å². The van der Waals surface area contributed by atoms with Crippen LogP contribution < -0.4 is 10.6 Å². The predicted octanol–water partition coefficient (Wildman–Crippen LogP) is 2.74. The van der Waals surface area contributed by atoms with Gasteiger partial charge in [0.1, 0.15) is 17.0 Å². The van der Waals surface area contributed by atoms with E-state index in [0.29, 0.717) is 18.8 Å². The Bertz CT molecular complexity index is 755. The molecular formula is C14H17F3N6O. The summed E-state index contributed by atoms with van der Waals surface area (Å²) in [6, 6.07) is 0.